The van der Waals surface area contributed by atoms with Gasteiger partial charge in [0.1, 0.15) is 6.04 Å². The van der Waals surface area contributed by atoms with Crippen molar-refractivity contribution in [3.05, 3.63) is 30.3 Å². The van der Waals surface area contributed by atoms with Gasteiger partial charge in [-0.25, -0.2) is 0 Å². The standard InChI is InChI=1S/C16H21N3O2/c20-15(18-12-6-2-1-3-7-12)14-9-5-11-19(14)16(21)13-8-4-10-17-13/h1-3,6-7,13-14,17H,4-5,8-11H2,(H,18,20)/t13?,14-/m0/s1. The van der Waals surface area contributed by atoms with Crippen LogP contribution in [0, 0.1) is 0 Å². The molecule has 2 saturated heterocycles. The molecule has 0 bridgehead atoms. The fraction of sp³-hybridized carbons (Fsp3) is 0.500. The third-order valence-electron chi connectivity index (χ3n) is 4.24. The largest absolute Gasteiger partial charge is 0.329 e. The average Bonchev–Trinajstić information content (AvgIpc) is 3.19. The van der Waals surface area contributed by atoms with Gasteiger partial charge in [0.15, 0.2) is 0 Å². The lowest BCUT2D eigenvalue weighted by atomic mass is 10.1. The van der Waals surface area contributed by atoms with E-state index < -0.39 is 0 Å². The number of anilines is 1. The summed E-state index contributed by atoms with van der Waals surface area (Å²) >= 11 is 0. The van der Waals surface area contributed by atoms with Crippen molar-refractivity contribution < 1.29 is 9.59 Å². The molecule has 0 spiro atoms. The number of nitrogens with zero attached hydrogens (tertiary/aromatic N) is 1. The van der Waals surface area contributed by atoms with E-state index in [0.717, 1.165) is 37.9 Å². The van der Waals surface area contributed by atoms with Crippen molar-refractivity contribution in [3.63, 3.8) is 0 Å². The number of likely N-dealkylation sites (tertiary alicyclic amines) is 1. The molecule has 2 fully saturated rings. The summed E-state index contributed by atoms with van der Waals surface area (Å²) in [5, 5.41) is 6.13. The third kappa shape index (κ3) is 3.08. The quantitative estimate of drug-likeness (QED) is 0.882. The van der Waals surface area contributed by atoms with E-state index >= 15 is 0 Å². The first-order valence-corrected chi connectivity index (χ1v) is 7.65. The van der Waals surface area contributed by atoms with Crippen molar-refractivity contribution in [1.82, 2.24) is 10.2 Å². The van der Waals surface area contributed by atoms with Gasteiger partial charge in [0.05, 0.1) is 6.04 Å². The van der Waals surface area contributed by atoms with E-state index in [4.69, 9.17) is 0 Å². The first-order chi connectivity index (χ1) is 10.3. The van der Waals surface area contributed by atoms with Crippen LogP contribution in [0.3, 0.4) is 0 Å². The van der Waals surface area contributed by atoms with Gasteiger partial charge in [0.2, 0.25) is 11.8 Å². The Morgan fingerprint density at radius 1 is 1.14 bits per heavy atom. The molecule has 0 aromatic heterocycles. The minimum Gasteiger partial charge on any atom is -0.329 e. The molecule has 2 heterocycles. The van der Waals surface area contributed by atoms with Crippen LogP contribution in [0.4, 0.5) is 5.69 Å². The minimum atomic E-state index is -0.333. The Bertz CT molecular complexity index is 512. The molecule has 2 amide bonds. The summed E-state index contributed by atoms with van der Waals surface area (Å²) in [5.74, 6) is 0.00302. The third-order valence-corrected chi connectivity index (χ3v) is 4.24. The van der Waals surface area contributed by atoms with E-state index in [1.165, 1.54) is 0 Å². The highest BCUT2D eigenvalue weighted by Crippen LogP contribution is 2.22. The summed E-state index contributed by atoms with van der Waals surface area (Å²) in [4.78, 5) is 26.7. The van der Waals surface area contributed by atoms with Gasteiger partial charge in [-0.05, 0) is 44.4 Å². The maximum Gasteiger partial charge on any atom is 0.247 e. The van der Waals surface area contributed by atoms with E-state index in [-0.39, 0.29) is 23.9 Å². The van der Waals surface area contributed by atoms with Crippen molar-refractivity contribution in [2.45, 2.75) is 37.8 Å². The van der Waals surface area contributed by atoms with Crippen LogP contribution in [0.1, 0.15) is 25.7 Å². The highest BCUT2D eigenvalue weighted by molar-refractivity contribution is 5.98. The molecule has 0 aliphatic carbocycles. The Balaban J connectivity index is 1.65. The number of benzene rings is 1. The first kappa shape index (κ1) is 14.1. The lowest BCUT2D eigenvalue weighted by Crippen LogP contribution is -2.49. The fourth-order valence-corrected chi connectivity index (χ4v) is 3.15. The normalized spacial score (nSPS) is 25.0. The van der Waals surface area contributed by atoms with Gasteiger partial charge in [0.25, 0.3) is 0 Å². The lowest BCUT2D eigenvalue weighted by Gasteiger charge is -2.26. The van der Waals surface area contributed by atoms with Crippen molar-refractivity contribution in [1.29, 1.82) is 0 Å². The van der Waals surface area contributed by atoms with Crippen LogP contribution in [0.15, 0.2) is 30.3 Å². The van der Waals surface area contributed by atoms with Gasteiger partial charge in [-0.15, -0.1) is 0 Å². The van der Waals surface area contributed by atoms with Crippen LogP contribution >= 0.6 is 0 Å². The fourth-order valence-electron chi connectivity index (χ4n) is 3.15. The molecular formula is C16H21N3O2. The monoisotopic (exact) mass is 287 g/mol. The smallest absolute Gasteiger partial charge is 0.247 e. The number of carbonyl (C=O) groups is 2. The second kappa shape index (κ2) is 6.26. The molecule has 1 aromatic rings. The highest BCUT2D eigenvalue weighted by atomic mass is 16.2. The molecule has 5 heteroatoms. The Morgan fingerprint density at radius 3 is 2.67 bits per heavy atom. The summed E-state index contributed by atoms with van der Waals surface area (Å²) in [5.41, 5.74) is 0.779. The topological polar surface area (TPSA) is 61.4 Å². The van der Waals surface area contributed by atoms with Crippen LogP contribution in [-0.4, -0.2) is 41.9 Å². The first-order valence-electron chi connectivity index (χ1n) is 7.65. The van der Waals surface area contributed by atoms with Crippen molar-refractivity contribution in [2.24, 2.45) is 0 Å². The summed E-state index contributed by atoms with van der Waals surface area (Å²) in [6.07, 6.45) is 3.55. The maximum atomic E-state index is 12.5. The second-order valence-corrected chi connectivity index (χ2v) is 5.69. The number of carbonyl (C=O) groups excluding carboxylic acids is 2. The molecule has 0 radical (unpaired) electrons. The molecule has 2 N–H and O–H groups in total. The molecule has 5 nitrogen and oxygen atoms in total. The van der Waals surface area contributed by atoms with Gasteiger partial charge in [-0.1, -0.05) is 18.2 Å². The average molecular weight is 287 g/mol. The zero-order valence-electron chi connectivity index (χ0n) is 12.0. The second-order valence-electron chi connectivity index (χ2n) is 5.69. The molecule has 3 rings (SSSR count). The van der Waals surface area contributed by atoms with Gasteiger partial charge >= 0.3 is 0 Å². The summed E-state index contributed by atoms with van der Waals surface area (Å²) < 4.78 is 0. The van der Waals surface area contributed by atoms with Gasteiger partial charge in [-0.2, -0.15) is 0 Å². The highest BCUT2D eigenvalue weighted by Gasteiger charge is 2.37. The van der Waals surface area contributed by atoms with Crippen molar-refractivity contribution in [2.75, 3.05) is 18.4 Å². The predicted molar refractivity (Wildman–Crippen MR) is 80.8 cm³/mol. The molecule has 1 unspecified atom stereocenters. The zero-order chi connectivity index (χ0) is 14.7. The van der Waals surface area contributed by atoms with Crippen LogP contribution in [0.25, 0.3) is 0 Å². The van der Waals surface area contributed by atoms with E-state index in [9.17, 15) is 9.59 Å². The number of hydrogen-bond acceptors (Lipinski definition) is 3. The molecule has 112 valence electrons. The number of amides is 2. The molecule has 2 atom stereocenters. The van der Waals surface area contributed by atoms with E-state index in [0.29, 0.717) is 6.54 Å². The van der Waals surface area contributed by atoms with E-state index in [1.54, 1.807) is 4.90 Å². The maximum absolute atomic E-state index is 12.5. The number of hydrogen-bond donors (Lipinski definition) is 2. The molecule has 2 aliphatic heterocycles. The van der Waals surface area contributed by atoms with Crippen LogP contribution in [-0.2, 0) is 9.59 Å². The number of para-hydroxylation sites is 1. The summed E-state index contributed by atoms with van der Waals surface area (Å²) in [6, 6.07) is 8.96. The number of rotatable bonds is 3. The Hall–Kier alpha value is -1.88. The van der Waals surface area contributed by atoms with E-state index in [2.05, 4.69) is 10.6 Å². The van der Waals surface area contributed by atoms with Crippen LogP contribution < -0.4 is 10.6 Å². The minimum absolute atomic E-state index is 0.0787. The van der Waals surface area contributed by atoms with Gasteiger partial charge in [0, 0.05) is 12.2 Å². The molecule has 21 heavy (non-hydrogen) atoms. The Morgan fingerprint density at radius 2 is 1.95 bits per heavy atom. The Labute approximate surface area is 124 Å². The van der Waals surface area contributed by atoms with Crippen LogP contribution in [0.2, 0.25) is 0 Å². The molecule has 0 saturated carbocycles. The SMILES string of the molecule is O=C(Nc1ccccc1)[C@@H]1CCCN1C(=O)C1CCCN1. The number of nitrogens with one attached hydrogen (secondary N) is 2. The van der Waals surface area contributed by atoms with Crippen molar-refractivity contribution >= 4 is 17.5 Å². The molecule has 1 aromatic carbocycles. The summed E-state index contributed by atoms with van der Waals surface area (Å²) in [7, 11) is 0. The molecular weight excluding hydrogens is 266 g/mol. The van der Waals surface area contributed by atoms with Crippen molar-refractivity contribution in [3.8, 4) is 0 Å². The Kier molecular flexibility index (Phi) is 4.20. The van der Waals surface area contributed by atoms with Gasteiger partial charge < -0.3 is 15.5 Å². The summed E-state index contributed by atoms with van der Waals surface area (Å²) in [6.45, 7) is 1.58. The van der Waals surface area contributed by atoms with E-state index in [1.807, 2.05) is 30.3 Å². The van der Waals surface area contributed by atoms with Gasteiger partial charge in [-0.3, -0.25) is 9.59 Å². The zero-order valence-corrected chi connectivity index (χ0v) is 12.0. The van der Waals surface area contributed by atoms with Crippen LogP contribution in [0.5, 0.6) is 0 Å². The molecule has 2 aliphatic rings. The predicted octanol–water partition coefficient (Wildman–Crippen LogP) is 1.37. The lowest BCUT2D eigenvalue weighted by molar-refractivity contribution is -0.138.